The number of hydrogen-bond donors (Lipinski definition) is 0. The minimum absolute atomic E-state index is 0.00916. The van der Waals surface area contributed by atoms with Gasteiger partial charge in [-0.25, -0.2) is 13.2 Å². The van der Waals surface area contributed by atoms with E-state index in [0.29, 0.717) is 37.2 Å². The molecule has 1 saturated heterocycles. The van der Waals surface area contributed by atoms with E-state index in [4.69, 9.17) is 9.47 Å². The fraction of sp³-hybridized carbons (Fsp3) is 0.520. The van der Waals surface area contributed by atoms with Crippen molar-refractivity contribution >= 4 is 0 Å². The second kappa shape index (κ2) is 11.0. The summed E-state index contributed by atoms with van der Waals surface area (Å²) in [6, 6.07) is 7.63. The van der Waals surface area contributed by atoms with Gasteiger partial charge in [0.15, 0.2) is 11.6 Å². The molecule has 0 amide bonds. The first kappa shape index (κ1) is 22.8. The van der Waals surface area contributed by atoms with Crippen molar-refractivity contribution in [2.45, 2.75) is 71.0 Å². The maximum atomic E-state index is 14.8. The molecule has 5 heteroatoms. The molecule has 0 radical (unpaired) electrons. The molecule has 3 rings (SSSR count). The largest absolute Gasteiger partial charge is 0.376 e. The van der Waals surface area contributed by atoms with Gasteiger partial charge in [-0.15, -0.1) is 0 Å². The summed E-state index contributed by atoms with van der Waals surface area (Å²) in [5.74, 6) is -2.27. The first-order chi connectivity index (χ1) is 14.5. The highest BCUT2D eigenvalue weighted by Gasteiger charge is 2.27. The predicted molar refractivity (Wildman–Crippen MR) is 113 cm³/mol. The van der Waals surface area contributed by atoms with Gasteiger partial charge < -0.3 is 9.47 Å². The summed E-state index contributed by atoms with van der Waals surface area (Å²) in [6.45, 7) is 5.20. The summed E-state index contributed by atoms with van der Waals surface area (Å²) in [6.07, 6.45) is 5.59. The third-order valence-electron chi connectivity index (χ3n) is 5.68. The Balaban J connectivity index is 1.68. The van der Waals surface area contributed by atoms with E-state index in [-0.39, 0.29) is 23.0 Å². The monoisotopic (exact) mass is 420 g/mol. The van der Waals surface area contributed by atoms with E-state index in [2.05, 4.69) is 6.92 Å². The summed E-state index contributed by atoms with van der Waals surface area (Å²) in [5, 5.41) is 0. The Bertz CT molecular complexity index is 829. The molecule has 1 aliphatic heterocycles. The second-order valence-corrected chi connectivity index (χ2v) is 7.99. The molecule has 2 atom stereocenters. The van der Waals surface area contributed by atoms with Crippen LogP contribution in [0.4, 0.5) is 13.2 Å². The number of benzene rings is 2. The van der Waals surface area contributed by atoms with Gasteiger partial charge in [0, 0.05) is 17.7 Å². The Morgan fingerprint density at radius 1 is 0.967 bits per heavy atom. The lowest BCUT2D eigenvalue weighted by atomic mass is 9.95. The van der Waals surface area contributed by atoms with E-state index in [9.17, 15) is 13.2 Å². The number of ether oxygens (including phenoxy) is 2. The van der Waals surface area contributed by atoms with Crippen molar-refractivity contribution in [3.05, 3.63) is 58.9 Å². The standard InChI is InChI=1S/C25H31F3O2/c1-3-5-6-14-29-19-10-13-23(30-16-19)21-12-11-20(24(27)25(21)28)18-9-8-17(7-4-2)22(26)15-18/h8-9,11-12,15,19,23H,3-7,10,13-14,16H2,1-2H3. The first-order valence-electron chi connectivity index (χ1n) is 11.0. The molecule has 2 aromatic carbocycles. The average molecular weight is 421 g/mol. The third-order valence-corrected chi connectivity index (χ3v) is 5.68. The molecule has 1 fully saturated rings. The van der Waals surface area contributed by atoms with Crippen LogP contribution in [-0.4, -0.2) is 19.3 Å². The number of halogens is 3. The minimum atomic E-state index is -0.961. The lowest BCUT2D eigenvalue weighted by Gasteiger charge is -2.29. The van der Waals surface area contributed by atoms with Gasteiger partial charge in [0.25, 0.3) is 0 Å². The molecule has 0 bridgehead atoms. The van der Waals surface area contributed by atoms with Crippen LogP contribution in [0.1, 0.15) is 69.6 Å². The van der Waals surface area contributed by atoms with Gasteiger partial charge in [0.05, 0.1) is 18.8 Å². The zero-order valence-corrected chi connectivity index (χ0v) is 17.9. The van der Waals surface area contributed by atoms with Crippen LogP contribution >= 0.6 is 0 Å². The van der Waals surface area contributed by atoms with Crippen LogP contribution in [-0.2, 0) is 15.9 Å². The summed E-state index contributed by atoms with van der Waals surface area (Å²) >= 11 is 0. The van der Waals surface area contributed by atoms with Crippen molar-refractivity contribution in [3.8, 4) is 11.1 Å². The number of unbranched alkanes of at least 4 members (excludes halogenated alkanes) is 2. The number of aryl methyl sites for hydroxylation is 1. The van der Waals surface area contributed by atoms with Crippen LogP contribution in [0.25, 0.3) is 11.1 Å². The van der Waals surface area contributed by atoms with Crippen molar-refractivity contribution in [1.82, 2.24) is 0 Å². The number of hydrogen-bond acceptors (Lipinski definition) is 2. The Labute approximate surface area is 177 Å². The zero-order valence-electron chi connectivity index (χ0n) is 17.9. The lowest BCUT2D eigenvalue weighted by Crippen LogP contribution is -2.28. The van der Waals surface area contributed by atoms with Crippen molar-refractivity contribution in [3.63, 3.8) is 0 Å². The van der Waals surface area contributed by atoms with Crippen molar-refractivity contribution in [2.24, 2.45) is 0 Å². The first-order valence-corrected chi connectivity index (χ1v) is 11.0. The fourth-order valence-electron chi connectivity index (χ4n) is 3.93. The highest BCUT2D eigenvalue weighted by Crippen LogP contribution is 2.35. The van der Waals surface area contributed by atoms with Crippen molar-refractivity contribution in [2.75, 3.05) is 13.2 Å². The molecule has 0 spiro atoms. The fourth-order valence-corrected chi connectivity index (χ4v) is 3.93. The van der Waals surface area contributed by atoms with Crippen molar-refractivity contribution in [1.29, 1.82) is 0 Å². The highest BCUT2D eigenvalue weighted by molar-refractivity contribution is 5.65. The summed E-state index contributed by atoms with van der Waals surface area (Å²) in [7, 11) is 0. The Morgan fingerprint density at radius 2 is 1.80 bits per heavy atom. The average Bonchev–Trinajstić information content (AvgIpc) is 2.75. The predicted octanol–water partition coefficient (Wildman–Crippen LogP) is 7.15. The quantitative estimate of drug-likeness (QED) is 0.401. The van der Waals surface area contributed by atoms with Gasteiger partial charge >= 0.3 is 0 Å². The van der Waals surface area contributed by atoms with Crippen LogP contribution < -0.4 is 0 Å². The van der Waals surface area contributed by atoms with E-state index in [1.165, 1.54) is 12.1 Å². The SMILES string of the molecule is CCCCCOC1CCC(c2ccc(-c3ccc(CCC)c(F)c3)c(F)c2F)OC1. The molecule has 30 heavy (non-hydrogen) atoms. The molecule has 164 valence electrons. The summed E-state index contributed by atoms with van der Waals surface area (Å²) in [4.78, 5) is 0. The van der Waals surface area contributed by atoms with Crippen LogP contribution in [0.5, 0.6) is 0 Å². The van der Waals surface area contributed by atoms with Gasteiger partial charge in [0.2, 0.25) is 0 Å². The van der Waals surface area contributed by atoms with E-state index < -0.39 is 17.7 Å². The molecule has 0 N–H and O–H groups in total. The highest BCUT2D eigenvalue weighted by atomic mass is 19.2. The summed E-state index contributed by atoms with van der Waals surface area (Å²) < 4.78 is 55.5. The van der Waals surface area contributed by atoms with Gasteiger partial charge in [-0.2, -0.15) is 0 Å². The van der Waals surface area contributed by atoms with Gasteiger partial charge in [-0.3, -0.25) is 0 Å². The topological polar surface area (TPSA) is 18.5 Å². The van der Waals surface area contributed by atoms with E-state index in [1.807, 2.05) is 6.92 Å². The van der Waals surface area contributed by atoms with Gasteiger partial charge in [-0.1, -0.05) is 57.4 Å². The molecule has 0 saturated carbocycles. The molecule has 1 heterocycles. The van der Waals surface area contributed by atoms with Crippen LogP contribution in [0, 0.1) is 17.5 Å². The van der Waals surface area contributed by atoms with E-state index >= 15 is 0 Å². The second-order valence-electron chi connectivity index (χ2n) is 7.99. The smallest absolute Gasteiger partial charge is 0.167 e. The normalized spacial score (nSPS) is 19.2. The van der Waals surface area contributed by atoms with Gasteiger partial charge in [0.1, 0.15) is 5.82 Å². The lowest BCUT2D eigenvalue weighted by molar-refractivity contribution is -0.0882. The van der Waals surface area contributed by atoms with Crippen LogP contribution in [0.2, 0.25) is 0 Å². The van der Waals surface area contributed by atoms with Crippen LogP contribution in [0.15, 0.2) is 30.3 Å². The van der Waals surface area contributed by atoms with Crippen LogP contribution in [0.3, 0.4) is 0 Å². The molecule has 2 nitrogen and oxygen atoms in total. The van der Waals surface area contributed by atoms with Crippen molar-refractivity contribution < 1.29 is 22.6 Å². The summed E-state index contributed by atoms with van der Waals surface area (Å²) in [5.41, 5.74) is 1.19. The van der Waals surface area contributed by atoms with E-state index in [0.717, 1.165) is 32.1 Å². The molecule has 2 aromatic rings. The maximum Gasteiger partial charge on any atom is 0.167 e. The maximum absolute atomic E-state index is 14.8. The minimum Gasteiger partial charge on any atom is -0.376 e. The Kier molecular flexibility index (Phi) is 8.34. The Hall–Kier alpha value is -1.85. The molecule has 0 aromatic heterocycles. The third kappa shape index (κ3) is 5.44. The number of rotatable bonds is 9. The molecule has 2 unspecified atom stereocenters. The zero-order chi connectivity index (χ0) is 21.5. The molecule has 1 aliphatic rings. The molecule has 0 aliphatic carbocycles. The van der Waals surface area contributed by atoms with Gasteiger partial charge in [-0.05, 0) is 42.9 Å². The molecular weight excluding hydrogens is 389 g/mol. The Morgan fingerprint density at radius 3 is 2.47 bits per heavy atom. The molecular formula is C25H31F3O2. The van der Waals surface area contributed by atoms with E-state index in [1.54, 1.807) is 18.2 Å².